The van der Waals surface area contributed by atoms with Crippen molar-refractivity contribution in [3.8, 4) is 6.07 Å². The fourth-order valence-corrected chi connectivity index (χ4v) is 3.11. The number of nitriles is 1. The number of aromatic nitrogens is 2. The van der Waals surface area contributed by atoms with E-state index in [0.29, 0.717) is 6.54 Å². The number of thiophene rings is 1. The van der Waals surface area contributed by atoms with Crippen molar-refractivity contribution in [3.63, 3.8) is 0 Å². The molecule has 2 rings (SSSR count). The van der Waals surface area contributed by atoms with Gasteiger partial charge in [0.05, 0.1) is 17.4 Å². The quantitative estimate of drug-likeness (QED) is 0.810. The van der Waals surface area contributed by atoms with Crippen LogP contribution in [0.4, 0.5) is 5.82 Å². The van der Waals surface area contributed by atoms with E-state index in [4.69, 9.17) is 16.9 Å². The van der Waals surface area contributed by atoms with Crippen molar-refractivity contribution in [2.24, 2.45) is 5.92 Å². The molecule has 0 aliphatic heterocycles. The standard InChI is InChI=1S/C13H15ClN4S/c1-4-9-5-10-11(18(3)7-8(2)6-15)16-13(14)17-12(10)19-9/h5,8H,4,7H2,1-3H3. The van der Waals surface area contributed by atoms with Gasteiger partial charge in [0.25, 0.3) is 0 Å². The van der Waals surface area contributed by atoms with E-state index in [1.807, 2.05) is 18.9 Å². The van der Waals surface area contributed by atoms with Crippen molar-refractivity contribution < 1.29 is 0 Å². The van der Waals surface area contributed by atoms with Gasteiger partial charge in [0.1, 0.15) is 10.6 Å². The lowest BCUT2D eigenvalue weighted by Gasteiger charge is -2.19. The Bertz CT molecular complexity index is 631. The van der Waals surface area contributed by atoms with Crippen LogP contribution < -0.4 is 4.90 Å². The molecule has 0 saturated carbocycles. The van der Waals surface area contributed by atoms with Gasteiger partial charge < -0.3 is 4.90 Å². The molecule has 6 heteroatoms. The maximum absolute atomic E-state index is 8.91. The third-order valence-electron chi connectivity index (χ3n) is 2.87. The van der Waals surface area contributed by atoms with Crippen LogP contribution in [0.15, 0.2) is 6.07 Å². The lowest BCUT2D eigenvalue weighted by Crippen LogP contribution is -2.24. The Hall–Kier alpha value is -1.38. The van der Waals surface area contributed by atoms with Gasteiger partial charge in [0.2, 0.25) is 5.28 Å². The molecule has 0 radical (unpaired) electrons. The summed E-state index contributed by atoms with van der Waals surface area (Å²) in [6.45, 7) is 4.62. The normalized spacial score (nSPS) is 12.4. The molecular weight excluding hydrogens is 280 g/mol. The highest BCUT2D eigenvalue weighted by atomic mass is 35.5. The molecule has 0 bridgehead atoms. The van der Waals surface area contributed by atoms with Gasteiger partial charge in [-0.25, -0.2) is 4.98 Å². The van der Waals surface area contributed by atoms with E-state index in [1.165, 1.54) is 4.88 Å². The van der Waals surface area contributed by atoms with Crippen LogP contribution in [-0.4, -0.2) is 23.6 Å². The Morgan fingerprint density at radius 2 is 2.26 bits per heavy atom. The number of hydrogen-bond acceptors (Lipinski definition) is 5. The molecule has 0 N–H and O–H groups in total. The molecule has 0 fully saturated rings. The summed E-state index contributed by atoms with van der Waals surface area (Å²) in [6, 6.07) is 4.34. The largest absolute Gasteiger partial charge is 0.358 e. The maximum atomic E-state index is 8.91. The van der Waals surface area contributed by atoms with Crippen molar-refractivity contribution in [1.29, 1.82) is 5.26 Å². The smallest absolute Gasteiger partial charge is 0.225 e. The Labute approximate surface area is 121 Å². The number of rotatable bonds is 4. The summed E-state index contributed by atoms with van der Waals surface area (Å²) in [6.07, 6.45) is 0.969. The number of fused-ring (bicyclic) bond motifs is 1. The maximum Gasteiger partial charge on any atom is 0.225 e. The van der Waals surface area contributed by atoms with Crippen LogP contribution in [0.2, 0.25) is 5.28 Å². The second-order valence-electron chi connectivity index (χ2n) is 4.51. The molecule has 19 heavy (non-hydrogen) atoms. The van der Waals surface area contributed by atoms with E-state index in [2.05, 4.69) is 29.0 Å². The van der Waals surface area contributed by atoms with E-state index in [9.17, 15) is 0 Å². The Morgan fingerprint density at radius 3 is 2.89 bits per heavy atom. The highest BCUT2D eigenvalue weighted by molar-refractivity contribution is 7.18. The second kappa shape index (κ2) is 5.72. The van der Waals surface area contributed by atoms with E-state index in [-0.39, 0.29) is 11.2 Å². The fraction of sp³-hybridized carbons (Fsp3) is 0.462. The zero-order valence-electron chi connectivity index (χ0n) is 11.1. The monoisotopic (exact) mass is 294 g/mol. The second-order valence-corrected chi connectivity index (χ2v) is 5.97. The first-order valence-corrected chi connectivity index (χ1v) is 7.31. The Kier molecular flexibility index (Phi) is 4.23. The fourth-order valence-electron chi connectivity index (χ4n) is 1.93. The topological polar surface area (TPSA) is 52.8 Å². The number of anilines is 1. The van der Waals surface area contributed by atoms with Crippen LogP contribution in [0.3, 0.4) is 0 Å². The molecule has 1 unspecified atom stereocenters. The lowest BCUT2D eigenvalue weighted by atomic mass is 10.2. The van der Waals surface area contributed by atoms with Gasteiger partial charge in [-0.3, -0.25) is 0 Å². The summed E-state index contributed by atoms with van der Waals surface area (Å²) in [5, 5.41) is 10.2. The molecule has 0 amide bonds. The average Bonchev–Trinajstić information content (AvgIpc) is 2.80. The summed E-state index contributed by atoms with van der Waals surface area (Å²) in [4.78, 5) is 12.7. The zero-order chi connectivity index (χ0) is 14.0. The van der Waals surface area contributed by atoms with Crippen molar-refractivity contribution in [3.05, 3.63) is 16.2 Å². The van der Waals surface area contributed by atoms with Gasteiger partial charge in [-0.15, -0.1) is 11.3 Å². The molecule has 2 heterocycles. The number of halogens is 1. The first kappa shape index (κ1) is 14.0. The molecule has 2 aromatic rings. The lowest BCUT2D eigenvalue weighted by molar-refractivity contribution is 0.711. The summed E-state index contributed by atoms with van der Waals surface area (Å²) in [7, 11) is 1.93. The Balaban J connectivity index is 2.46. The highest BCUT2D eigenvalue weighted by Gasteiger charge is 2.15. The summed E-state index contributed by atoms with van der Waals surface area (Å²) in [5.74, 6) is 0.742. The van der Waals surface area contributed by atoms with Gasteiger partial charge >= 0.3 is 0 Å². The van der Waals surface area contributed by atoms with Gasteiger partial charge in [-0.2, -0.15) is 10.2 Å². The minimum absolute atomic E-state index is 0.0573. The Morgan fingerprint density at radius 1 is 1.53 bits per heavy atom. The van der Waals surface area contributed by atoms with Gasteiger partial charge in [0.15, 0.2) is 0 Å². The van der Waals surface area contributed by atoms with Crippen LogP contribution in [0.1, 0.15) is 18.7 Å². The van der Waals surface area contributed by atoms with Gasteiger partial charge in [-0.1, -0.05) is 6.92 Å². The van der Waals surface area contributed by atoms with Gasteiger partial charge in [-0.05, 0) is 31.0 Å². The average molecular weight is 295 g/mol. The molecule has 0 spiro atoms. The van der Waals surface area contributed by atoms with Crippen LogP contribution in [-0.2, 0) is 6.42 Å². The first-order valence-electron chi connectivity index (χ1n) is 6.11. The molecule has 0 aliphatic rings. The predicted octanol–water partition coefficient (Wildman–Crippen LogP) is 3.50. The number of nitrogens with zero attached hydrogens (tertiary/aromatic N) is 4. The van der Waals surface area contributed by atoms with Gasteiger partial charge in [0, 0.05) is 18.5 Å². The molecule has 4 nitrogen and oxygen atoms in total. The SMILES string of the molecule is CCc1cc2c(N(C)CC(C)C#N)nc(Cl)nc2s1. The first-order chi connectivity index (χ1) is 9.05. The molecule has 0 aliphatic carbocycles. The van der Waals surface area contributed by atoms with Crippen LogP contribution in [0.25, 0.3) is 10.2 Å². The van der Waals surface area contributed by atoms with Crippen molar-refractivity contribution in [2.75, 3.05) is 18.5 Å². The predicted molar refractivity (Wildman–Crippen MR) is 79.9 cm³/mol. The summed E-state index contributed by atoms with van der Waals surface area (Å²) < 4.78 is 0. The zero-order valence-corrected chi connectivity index (χ0v) is 12.7. The number of aryl methyl sites for hydroxylation is 1. The summed E-state index contributed by atoms with van der Waals surface area (Å²) >= 11 is 7.62. The highest BCUT2D eigenvalue weighted by Crippen LogP contribution is 2.32. The van der Waals surface area contributed by atoms with Crippen molar-refractivity contribution >= 4 is 39.0 Å². The van der Waals surface area contributed by atoms with Crippen molar-refractivity contribution in [2.45, 2.75) is 20.3 Å². The minimum Gasteiger partial charge on any atom is -0.358 e. The van der Waals surface area contributed by atoms with Crippen LogP contribution in [0.5, 0.6) is 0 Å². The third kappa shape index (κ3) is 2.96. The van der Waals surface area contributed by atoms with E-state index < -0.39 is 0 Å². The molecule has 0 saturated heterocycles. The van der Waals surface area contributed by atoms with Crippen LogP contribution >= 0.6 is 22.9 Å². The molecule has 100 valence electrons. The summed E-state index contributed by atoms with van der Waals surface area (Å²) in [5.41, 5.74) is 0. The van der Waals surface area contributed by atoms with Crippen LogP contribution in [0, 0.1) is 17.2 Å². The van der Waals surface area contributed by atoms with E-state index >= 15 is 0 Å². The van der Waals surface area contributed by atoms with E-state index in [1.54, 1.807) is 11.3 Å². The molecule has 1 atom stereocenters. The molecular formula is C13H15ClN4S. The third-order valence-corrected chi connectivity index (χ3v) is 4.22. The number of hydrogen-bond donors (Lipinski definition) is 0. The molecule has 2 aromatic heterocycles. The molecule has 0 aromatic carbocycles. The van der Waals surface area contributed by atoms with E-state index in [0.717, 1.165) is 22.5 Å². The minimum atomic E-state index is -0.0573. The van der Waals surface area contributed by atoms with Crippen molar-refractivity contribution in [1.82, 2.24) is 9.97 Å².